The van der Waals surface area contributed by atoms with Gasteiger partial charge in [-0.2, -0.15) is 21.6 Å². The summed E-state index contributed by atoms with van der Waals surface area (Å²) in [5.74, 6) is -1.67. The molecule has 0 radical (unpaired) electrons. The number of halogens is 4. The third kappa shape index (κ3) is 6.04. The Bertz CT molecular complexity index is 1350. The number of aliphatic hydroxyl groups excluding tert-OH is 1. The number of aromatic nitrogens is 1. The lowest BCUT2D eigenvalue weighted by Gasteiger charge is -2.35. The summed E-state index contributed by atoms with van der Waals surface area (Å²) in [4.78, 5) is 20.9. The Kier molecular flexibility index (Phi) is 7.36. The van der Waals surface area contributed by atoms with Crippen molar-refractivity contribution in [3.8, 4) is 5.75 Å². The number of nitrogens with zero attached hydrogens (tertiary/aromatic N) is 3. The van der Waals surface area contributed by atoms with E-state index in [1.807, 2.05) is 0 Å². The predicted molar refractivity (Wildman–Crippen MR) is 137 cm³/mol. The molecule has 1 saturated carbocycles. The van der Waals surface area contributed by atoms with Crippen LogP contribution in [0.25, 0.3) is 0 Å². The minimum Gasteiger partial charge on any atom is -0.475 e. The summed E-state index contributed by atoms with van der Waals surface area (Å²) in [7, 11) is -4.34. The van der Waals surface area contributed by atoms with Gasteiger partial charge in [-0.05, 0) is 43.5 Å². The molecule has 0 unspecified atom stereocenters. The van der Waals surface area contributed by atoms with Crippen LogP contribution in [-0.2, 0) is 14.8 Å². The molecular formula is C25H28ClF3N4O5S. The van der Waals surface area contributed by atoms with E-state index >= 15 is 0 Å². The minimum atomic E-state index is -4.34. The van der Waals surface area contributed by atoms with Crippen molar-refractivity contribution in [2.24, 2.45) is 5.92 Å². The number of aliphatic hydroxyl groups is 1. The second-order valence-electron chi connectivity index (χ2n) is 10.2. The van der Waals surface area contributed by atoms with Crippen molar-refractivity contribution in [1.29, 1.82) is 0 Å². The van der Waals surface area contributed by atoms with E-state index in [0.29, 0.717) is 36.0 Å². The molecule has 2 N–H and O–H groups in total. The zero-order valence-corrected chi connectivity index (χ0v) is 22.4. The first-order valence-corrected chi connectivity index (χ1v) is 14.5. The number of piperidine rings is 1. The van der Waals surface area contributed by atoms with Crippen LogP contribution in [0.2, 0.25) is 5.02 Å². The standard InChI is InChI=1S/C25H28ClF3N4O5S/c26-17-4-5-19(32-11-6-16(7-12-32)25(27,28)29)20(14-17)38-24(9-10-24)23(35)31-39(36,37)22-3-1-2-21(30-22)33-13-8-18(34)15-33/h1-5,14,16,18,34H,6-13,15H2,(H,31,35)/t18-/m0/s1. The van der Waals surface area contributed by atoms with Gasteiger partial charge in [0.25, 0.3) is 15.9 Å². The van der Waals surface area contributed by atoms with Gasteiger partial charge >= 0.3 is 6.18 Å². The molecule has 14 heteroatoms. The van der Waals surface area contributed by atoms with Crippen molar-refractivity contribution < 1.29 is 36.2 Å². The van der Waals surface area contributed by atoms with Gasteiger partial charge in [-0.3, -0.25) is 4.79 Å². The van der Waals surface area contributed by atoms with Crippen LogP contribution in [-0.4, -0.2) is 68.5 Å². The fourth-order valence-corrected chi connectivity index (χ4v) is 6.09. The summed E-state index contributed by atoms with van der Waals surface area (Å²) >= 11 is 6.16. The summed E-state index contributed by atoms with van der Waals surface area (Å²) in [6.07, 6.45) is -3.88. The molecular weight excluding hydrogens is 561 g/mol. The Morgan fingerprint density at radius 3 is 2.41 bits per heavy atom. The molecule has 1 aliphatic carbocycles. The quantitative estimate of drug-likeness (QED) is 0.506. The number of β-amino-alcohol motifs (C(OH)–C–C–N with tert-alkyl or cyclic N) is 1. The maximum absolute atomic E-state index is 13.2. The van der Waals surface area contributed by atoms with Crippen LogP contribution in [0, 0.1) is 5.92 Å². The Hall–Kier alpha value is -2.77. The van der Waals surface area contributed by atoms with Crippen LogP contribution in [0.5, 0.6) is 5.75 Å². The number of hydrogen-bond donors (Lipinski definition) is 2. The van der Waals surface area contributed by atoms with Crippen LogP contribution in [0.1, 0.15) is 32.1 Å². The fraction of sp³-hybridized carbons (Fsp3) is 0.520. The van der Waals surface area contributed by atoms with E-state index < -0.39 is 39.7 Å². The van der Waals surface area contributed by atoms with Gasteiger partial charge in [0.15, 0.2) is 10.6 Å². The average molecular weight is 589 g/mol. The first-order valence-electron chi connectivity index (χ1n) is 12.6. The van der Waals surface area contributed by atoms with Crippen molar-refractivity contribution in [3.05, 3.63) is 41.4 Å². The lowest BCUT2D eigenvalue weighted by molar-refractivity contribution is -0.179. The number of benzene rings is 1. The number of ether oxygens (including phenoxy) is 1. The van der Waals surface area contributed by atoms with Gasteiger partial charge in [0, 0.05) is 50.1 Å². The number of carbonyl (C=O) groups excluding carboxylic acids is 1. The Morgan fingerprint density at radius 1 is 1.10 bits per heavy atom. The normalized spacial score (nSPS) is 21.6. The lowest BCUT2D eigenvalue weighted by Crippen LogP contribution is -2.44. The van der Waals surface area contributed by atoms with Crippen molar-refractivity contribution >= 4 is 39.0 Å². The van der Waals surface area contributed by atoms with E-state index in [9.17, 15) is 31.5 Å². The Labute approximate surface area is 228 Å². The van der Waals surface area contributed by atoms with E-state index in [2.05, 4.69) is 9.71 Å². The number of rotatable bonds is 7. The number of carbonyl (C=O) groups is 1. The number of anilines is 2. The highest BCUT2D eigenvalue weighted by Gasteiger charge is 2.55. The Morgan fingerprint density at radius 2 is 1.79 bits per heavy atom. The molecule has 9 nitrogen and oxygen atoms in total. The van der Waals surface area contributed by atoms with E-state index in [0.717, 1.165) is 0 Å². The lowest BCUT2D eigenvalue weighted by atomic mass is 9.96. The first-order chi connectivity index (χ1) is 18.4. The zero-order chi connectivity index (χ0) is 28.0. The van der Waals surface area contributed by atoms with Crippen LogP contribution < -0.4 is 19.3 Å². The molecule has 2 aromatic rings. The van der Waals surface area contributed by atoms with Gasteiger partial charge in [-0.15, -0.1) is 0 Å². The van der Waals surface area contributed by atoms with Gasteiger partial charge in [-0.25, -0.2) is 9.71 Å². The molecule has 1 amide bonds. The van der Waals surface area contributed by atoms with Gasteiger partial charge < -0.3 is 19.6 Å². The van der Waals surface area contributed by atoms with E-state index in [4.69, 9.17) is 16.3 Å². The van der Waals surface area contributed by atoms with Crippen LogP contribution in [0.3, 0.4) is 0 Å². The van der Waals surface area contributed by atoms with Crippen LogP contribution in [0.15, 0.2) is 41.4 Å². The van der Waals surface area contributed by atoms with E-state index in [1.165, 1.54) is 18.2 Å². The highest BCUT2D eigenvalue weighted by atomic mass is 35.5. The molecule has 0 spiro atoms. The van der Waals surface area contributed by atoms with Crippen molar-refractivity contribution in [3.63, 3.8) is 0 Å². The molecule has 39 heavy (non-hydrogen) atoms. The topological polar surface area (TPSA) is 112 Å². The smallest absolute Gasteiger partial charge is 0.391 e. The van der Waals surface area contributed by atoms with Gasteiger partial charge in [-0.1, -0.05) is 17.7 Å². The van der Waals surface area contributed by atoms with Crippen LogP contribution in [0.4, 0.5) is 24.7 Å². The summed E-state index contributed by atoms with van der Waals surface area (Å²) < 4.78 is 73.6. The molecule has 5 rings (SSSR count). The average Bonchev–Trinajstić information content (AvgIpc) is 3.54. The molecule has 1 aromatic carbocycles. The van der Waals surface area contributed by atoms with Crippen molar-refractivity contribution in [1.82, 2.24) is 9.71 Å². The van der Waals surface area contributed by atoms with E-state index in [-0.39, 0.29) is 49.5 Å². The highest BCUT2D eigenvalue weighted by molar-refractivity contribution is 7.90. The molecule has 3 fully saturated rings. The molecule has 3 aliphatic rings. The minimum absolute atomic E-state index is 0.0715. The number of amides is 1. The van der Waals surface area contributed by atoms with Crippen LogP contribution >= 0.6 is 11.6 Å². The monoisotopic (exact) mass is 588 g/mol. The molecule has 1 aromatic heterocycles. The number of nitrogens with one attached hydrogen (secondary N) is 1. The summed E-state index contributed by atoms with van der Waals surface area (Å²) in [6, 6.07) is 9.09. The maximum atomic E-state index is 13.2. The molecule has 2 aliphatic heterocycles. The van der Waals surface area contributed by atoms with Crippen molar-refractivity contribution in [2.45, 2.75) is 55.0 Å². The number of sulfonamides is 1. The zero-order valence-electron chi connectivity index (χ0n) is 20.8. The van der Waals surface area contributed by atoms with E-state index in [1.54, 1.807) is 28.0 Å². The largest absolute Gasteiger partial charge is 0.475 e. The Balaban J connectivity index is 1.30. The third-order valence-electron chi connectivity index (χ3n) is 7.34. The second kappa shape index (κ2) is 10.3. The predicted octanol–water partition coefficient (Wildman–Crippen LogP) is 3.50. The van der Waals surface area contributed by atoms with Gasteiger partial charge in [0.05, 0.1) is 17.7 Å². The molecule has 0 bridgehead atoms. The van der Waals surface area contributed by atoms with Gasteiger partial charge in [0.2, 0.25) is 0 Å². The molecule has 3 heterocycles. The molecule has 1 atom stereocenters. The maximum Gasteiger partial charge on any atom is 0.391 e. The molecule has 212 valence electrons. The third-order valence-corrected chi connectivity index (χ3v) is 8.81. The van der Waals surface area contributed by atoms with Crippen molar-refractivity contribution in [2.75, 3.05) is 36.0 Å². The van der Waals surface area contributed by atoms with Gasteiger partial charge in [0.1, 0.15) is 11.6 Å². The first kappa shape index (κ1) is 27.8. The summed E-state index contributed by atoms with van der Waals surface area (Å²) in [5, 5.41) is 9.73. The summed E-state index contributed by atoms with van der Waals surface area (Å²) in [5.41, 5.74) is -0.975. The molecule has 2 saturated heterocycles. The highest BCUT2D eigenvalue weighted by Crippen LogP contribution is 2.45. The number of alkyl halides is 3. The fourth-order valence-electron chi connectivity index (χ4n) is 4.93. The number of pyridine rings is 1. The number of hydrogen-bond acceptors (Lipinski definition) is 8. The SMILES string of the molecule is O=C(NS(=O)(=O)c1cccc(N2CC[C@H](O)C2)n1)C1(Oc2cc(Cl)ccc2N2CCC(C(F)(F)F)CC2)CC1. The summed E-state index contributed by atoms with van der Waals surface area (Å²) in [6.45, 7) is 1.14. The second-order valence-corrected chi connectivity index (χ2v) is 12.2.